The highest BCUT2D eigenvalue weighted by molar-refractivity contribution is 5.98. The molecule has 3 rings (SSSR count). The molecule has 5 heteroatoms. The van der Waals surface area contributed by atoms with E-state index in [1.165, 1.54) is 18.3 Å². The number of carbonyl (C=O) groups excluding carboxylic acids is 1. The van der Waals surface area contributed by atoms with Crippen LogP contribution in [0.2, 0.25) is 0 Å². The predicted molar refractivity (Wildman–Crippen MR) is 83.2 cm³/mol. The summed E-state index contributed by atoms with van der Waals surface area (Å²) in [4.78, 5) is 16.2. The van der Waals surface area contributed by atoms with Crippen LogP contribution in [0.3, 0.4) is 0 Å². The van der Waals surface area contributed by atoms with Crippen molar-refractivity contribution < 1.29 is 9.18 Å². The van der Waals surface area contributed by atoms with Crippen molar-refractivity contribution in [2.24, 2.45) is 5.10 Å². The summed E-state index contributed by atoms with van der Waals surface area (Å²) in [6, 6.07) is 14.8. The van der Waals surface area contributed by atoms with E-state index in [1.54, 1.807) is 36.5 Å². The molecule has 108 valence electrons. The Kier molecular flexibility index (Phi) is 3.87. The number of hydrogen-bond acceptors (Lipinski definition) is 3. The normalized spacial score (nSPS) is 11.0. The lowest BCUT2D eigenvalue weighted by Crippen LogP contribution is -2.17. The van der Waals surface area contributed by atoms with Crippen LogP contribution in [0.25, 0.3) is 10.9 Å². The van der Waals surface area contributed by atoms with Gasteiger partial charge in [-0.25, -0.2) is 9.82 Å². The van der Waals surface area contributed by atoms with Crippen LogP contribution in [0, 0.1) is 5.82 Å². The van der Waals surface area contributed by atoms with Gasteiger partial charge in [-0.05, 0) is 42.0 Å². The maximum atomic E-state index is 12.8. The van der Waals surface area contributed by atoms with Gasteiger partial charge in [-0.15, -0.1) is 0 Å². The molecule has 1 heterocycles. The van der Waals surface area contributed by atoms with E-state index in [0.717, 1.165) is 10.9 Å². The molecule has 4 nitrogen and oxygen atoms in total. The van der Waals surface area contributed by atoms with Gasteiger partial charge in [0.15, 0.2) is 0 Å². The number of nitrogens with one attached hydrogen (secondary N) is 1. The average Bonchev–Trinajstić information content (AvgIpc) is 2.56. The van der Waals surface area contributed by atoms with Crippen molar-refractivity contribution in [3.05, 3.63) is 77.7 Å². The zero-order chi connectivity index (χ0) is 15.4. The summed E-state index contributed by atoms with van der Waals surface area (Å²) in [7, 11) is 0. The zero-order valence-electron chi connectivity index (χ0n) is 11.5. The Hall–Kier alpha value is -3.08. The molecule has 3 aromatic rings. The van der Waals surface area contributed by atoms with Crippen molar-refractivity contribution in [3.8, 4) is 0 Å². The Morgan fingerprint density at radius 3 is 2.77 bits per heavy atom. The number of nitrogens with zero attached hydrogens (tertiary/aromatic N) is 2. The third kappa shape index (κ3) is 3.15. The highest BCUT2D eigenvalue weighted by Gasteiger charge is 2.05. The summed E-state index contributed by atoms with van der Waals surface area (Å²) in [5.41, 5.74) is 4.47. The van der Waals surface area contributed by atoms with E-state index >= 15 is 0 Å². The molecule has 0 aliphatic rings. The first kappa shape index (κ1) is 13.9. The molecule has 2 aromatic carbocycles. The number of hydrazone groups is 1. The van der Waals surface area contributed by atoms with Crippen LogP contribution >= 0.6 is 0 Å². The third-order valence-corrected chi connectivity index (χ3v) is 3.11. The monoisotopic (exact) mass is 293 g/mol. The van der Waals surface area contributed by atoms with Gasteiger partial charge in [-0.2, -0.15) is 5.10 Å². The van der Waals surface area contributed by atoms with E-state index in [-0.39, 0.29) is 11.7 Å². The second kappa shape index (κ2) is 6.13. The number of amides is 1. The van der Waals surface area contributed by atoms with Gasteiger partial charge in [-0.1, -0.05) is 18.2 Å². The van der Waals surface area contributed by atoms with E-state index in [2.05, 4.69) is 15.5 Å². The molecule has 0 fully saturated rings. The van der Waals surface area contributed by atoms with Gasteiger partial charge in [0, 0.05) is 17.1 Å². The molecule has 0 aliphatic heterocycles. The van der Waals surface area contributed by atoms with Crippen molar-refractivity contribution in [1.29, 1.82) is 0 Å². The first-order chi connectivity index (χ1) is 10.7. The molecule has 0 aliphatic carbocycles. The molecule has 1 aromatic heterocycles. The number of hydrogen-bond donors (Lipinski definition) is 1. The Labute approximate surface area is 126 Å². The van der Waals surface area contributed by atoms with Gasteiger partial charge in [0.1, 0.15) is 5.82 Å². The first-order valence-electron chi connectivity index (χ1n) is 6.66. The highest BCUT2D eigenvalue weighted by atomic mass is 19.1. The summed E-state index contributed by atoms with van der Waals surface area (Å²) in [5.74, 6) is -0.630. The summed E-state index contributed by atoms with van der Waals surface area (Å²) < 4.78 is 12.8. The number of pyridine rings is 1. The van der Waals surface area contributed by atoms with Gasteiger partial charge in [0.25, 0.3) is 5.91 Å². The molecule has 1 N–H and O–H groups in total. The standard InChI is InChI=1S/C17H12FN3O/c18-15-6-3-12(4-7-15)11-20-21-17(22)14-5-8-16-13(10-14)2-1-9-19-16/h1-11H,(H,21,22)/b20-11-. The van der Waals surface area contributed by atoms with E-state index in [4.69, 9.17) is 0 Å². The number of rotatable bonds is 3. The lowest BCUT2D eigenvalue weighted by atomic mass is 10.1. The van der Waals surface area contributed by atoms with Gasteiger partial charge < -0.3 is 0 Å². The SMILES string of the molecule is O=C(N/N=C\c1ccc(F)cc1)c1ccc2ncccc2c1. The summed E-state index contributed by atoms with van der Waals surface area (Å²) in [6.45, 7) is 0. The molecule has 1 amide bonds. The Morgan fingerprint density at radius 1 is 1.14 bits per heavy atom. The van der Waals surface area contributed by atoms with E-state index in [9.17, 15) is 9.18 Å². The summed E-state index contributed by atoms with van der Waals surface area (Å²) >= 11 is 0. The van der Waals surface area contributed by atoms with Gasteiger partial charge in [0.2, 0.25) is 0 Å². The molecule has 0 saturated carbocycles. The molecule has 0 unspecified atom stereocenters. The predicted octanol–water partition coefficient (Wildman–Crippen LogP) is 3.14. The number of halogens is 1. The second-order valence-corrected chi connectivity index (χ2v) is 4.66. The van der Waals surface area contributed by atoms with E-state index in [1.807, 2.05) is 12.1 Å². The third-order valence-electron chi connectivity index (χ3n) is 3.11. The molecular formula is C17H12FN3O. The Morgan fingerprint density at radius 2 is 1.95 bits per heavy atom. The molecule has 0 bridgehead atoms. The number of fused-ring (bicyclic) bond motifs is 1. The minimum atomic E-state index is -0.316. The van der Waals surface area contributed by atoms with Crippen LogP contribution in [0.4, 0.5) is 4.39 Å². The quantitative estimate of drug-likeness (QED) is 0.596. The van der Waals surface area contributed by atoms with Crippen LogP contribution in [0.5, 0.6) is 0 Å². The van der Waals surface area contributed by atoms with Crippen molar-refractivity contribution >= 4 is 23.0 Å². The van der Waals surface area contributed by atoms with Gasteiger partial charge in [-0.3, -0.25) is 9.78 Å². The molecule has 0 radical (unpaired) electrons. The largest absolute Gasteiger partial charge is 0.271 e. The van der Waals surface area contributed by atoms with Crippen LogP contribution < -0.4 is 5.43 Å². The number of aromatic nitrogens is 1. The van der Waals surface area contributed by atoms with Crippen LogP contribution in [-0.2, 0) is 0 Å². The maximum Gasteiger partial charge on any atom is 0.271 e. The van der Waals surface area contributed by atoms with E-state index in [0.29, 0.717) is 11.1 Å². The fraction of sp³-hybridized carbons (Fsp3) is 0. The maximum absolute atomic E-state index is 12.8. The molecular weight excluding hydrogens is 281 g/mol. The second-order valence-electron chi connectivity index (χ2n) is 4.66. The first-order valence-corrected chi connectivity index (χ1v) is 6.66. The molecule has 22 heavy (non-hydrogen) atoms. The van der Waals surface area contributed by atoms with Gasteiger partial charge in [0.05, 0.1) is 11.7 Å². The van der Waals surface area contributed by atoms with E-state index < -0.39 is 0 Å². The number of benzene rings is 2. The lowest BCUT2D eigenvalue weighted by molar-refractivity contribution is 0.0955. The minimum absolute atomic E-state index is 0.314. The molecule has 0 spiro atoms. The topological polar surface area (TPSA) is 54.4 Å². The van der Waals surface area contributed by atoms with Crippen LogP contribution in [-0.4, -0.2) is 17.1 Å². The van der Waals surface area contributed by atoms with Crippen LogP contribution in [0.1, 0.15) is 15.9 Å². The Balaban J connectivity index is 1.71. The summed E-state index contributed by atoms with van der Waals surface area (Å²) in [6.07, 6.45) is 3.16. The van der Waals surface area contributed by atoms with Crippen molar-refractivity contribution in [1.82, 2.24) is 10.4 Å². The molecule has 0 saturated heterocycles. The fourth-order valence-corrected chi connectivity index (χ4v) is 2.00. The van der Waals surface area contributed by atoms with Gasteiger partial charge >= 0.3 is 0 Å². The summed E-state index contributed by atoms with van der Waals surface area (Å²) in [5, 5.41) is 4.75. The van der Waals surface area contributed by atoms with Crippen molar-refractivity contribution in [3.63, 3.8) is 0 Å². The number of carbonyl (C=O) groups is 1. The fourth-order valence-electron chi connectivity index (χ4n) is 2.00. The van der Waals surface area contributed by atoms with Crippen LogP contribution in [0.15, 0.2) is 65.9 Å². The minimum Gasteiger partial charge on any atom is -0.267 e. The smallest absolute Gasteiger partial charge is 0.267 e. The highest BCUT2D eigenvalue weighted by Crippen LogP contribution is 2.13. The average molecular weight is 293 g/mol. The lowest BCUT2D eigenvalue weighted by Gasteiger charge is -2.02. The molecule has 0 atom stereocenters. The van der Waals surface area contributed by atoms with Crippen molar-refractivity contribution in [2.75, 3.05) is 0 Å². The van der Waals surface area contributed by atoms with Crippen molar-refractivity contribution in [2.45, 2.75) is 0 Å². The Bertz CT molecular complexity index is 844. The zero-order valence-corrected chi connectivity index (χ0v) is 11.5.